The van der Waals surface area contributed by atoms with Gasteiger partial charge in [-0.2, -0.15) is 0 Å². The van der Waals surface area contributed by atoms with E-state index in [1.807, 2.05) is 7.05 Å². The fourth-order valence-electron chi connectivity index (χ4n) is 1.28. The summed E-state index contributed by atoms with van der Waals surface area (Å²) in [5.74, 6) is 0.768. The Kier molecular flexibility index (Phi) is 6.39. The number of hydrogen-bond acceptors (Lipinski definition) is 2. The van der Waals surface area contributed by atoms with Gasteiger partial charge in [-0.3, -0.25) is 4.90 Å². The van der Waals surface area contributed by atoms with Crippen LogP contribution in [0, 0.1) is 5.92 Å². The molecule has 12 heavy (non-hydrogen) atoms. The molecule has 0 atom stereocenters. The molecule has 0 aromatic rings. The minimum absolute atomic E-state index is 0.667. The zero-order valence-corrected chi connectivity index (χ0v) is 9.22. The molecule has 0 aliphatic heterocycles. The number of hydrogen-bond donors (Lipinski definition) is 1. The zero-order chi connectivity index (χ0) is 9.56. The van der Waals surface area contributed by atoms with Gasteiger partial charge in [-0.05, 0) is 26.8 Å². The molecule has 0 aliphatic rings. The lowest BCUT2D eigenvalue weighted by atomic mass is 10.2. The van der Waals surface area contributed by atoms with Crippen LogP contribution in [0.5, 0.6) is 0 Å². The smallest absolute Gasteiger partial charge is 0.0110 e. The van der Waals surface area contributed by atoms with Crippen LogP contribution >= 0.6 is 0 Å². The van der Waals surface area contributed by atoms with E-state index in [9.17, 15) is 0 Å². The van der Waals surface area contributed by atoms with Crippen LogP contribution in [0.3, 0.4) is 0 Å². The van der Waals surface area contributed by atoms with Gasteiger partial charge in [0, 0.05) is 25.7 Å². The topological polar surface area (TPSA) is 15.3 Å². The standard InChI is InChI=1S/C10H24N2/c1-9(2)8-12(10(3)4)7-6-11-5/h9-11H,6-8H2,1-5H3. The minimum Gasteiger partial charge on any atom is -0.318 e. The summed E-state index contributed by atoms with van der Waals surface area (Å²) in [6.45, 7) is 12.5. The van der Waals surface area contributed by atoms with Gasteiger partial charge in [-0.15, -0.1) is 0 Å². The molecule has 0 saturated carbocycles. The second-order valence-electron chi connectivity index (χ2n) is 4.09. The highest BCUT2D eigenvalue weighted by Gasteiger charge is 2.09. The van der Waals surface area contributed by atoms with Crippen LogP contribution in [0.4, 0.5) is 0 Å². The van der Waals surface area contributed by atoms with Crippen molar-refractivity contribution >= 4 is 0 Å². The molecule has 0 heterocycles. The van der Waals surface area contributed by atoms with Crippen molar-refractivity contribution in [1.29, 1.82) is 0 Å². The van der Waals surface area contributed by atoms with E-state index < -0.39 is 0 Å². The summed E-state index contributed by atoms with van der Waals surface area (Å²) < 4.78 is 0. The van der Waals surface area contributed by atoms with Crippen molar-refractivity contribution in [2.45, 2.75) is 33.7 Å². The fraction of sp³-hybridized carbons (Fsp3) is 1.00. The first-order chi connectivity index (χ1) is 5.57. The van der Waals surface area contributed by atoms with Crippen molar-refractivity contribution in [1.82, 2.24) is 10.2 Å². The molecule has 0 saturated heterocycles. The molecule has 0 aromatic carbocycles. The van der Waals surface area contributed by atoms with E-state index in [1.54, 1.807) is 0 Å². The van der Waals surface area contributed by atoms with Crippen LogP contribution in [0.2, 0.25) is 0 Å². The SMILES string of the molecule is CNCCN(CC(C)C)C(C)C. The van der Waals surface area contributed by atoms with Crippen LogP contribution < -0.4 is 5.32 Å². The van der Waals surface area contributed by atoms with Gasteiger partial charge in [-0.25, -0.2) is 0 Å². The first kappa shape index (κ1) is 11.9. The van der Waals surface area contributed by atoms with E-state index >= 15 is 0 Å². The molecule has 0 radical (unpaired) electrons. The third-order valence-electron chi connectivity index (χ3n) is 1.98. The van der Waals surface area contributed by atoms with Crippen LogP contribution in [-0.2, 0) is 0 Å². The molecule has 1 N–H and O–H groups in total. The molecule has 2 heteroatoms. The number of likely N-dealkylation sites (N-methyl/N-ethyl adjacent to an activating group) is 1. The van der Waals surface area contributed by atoms with E-state index in [-0.39, 0.29) is 0 Å². The van der Waals surface area contributed by atoms with Gasteiger partial charge in [0.05, 0.1) is 0 Å². The van der Waals surface area contributed by atoms with E-state index in [2.05, 4.69) is 37.9 Å². The lowest BCUT2D eigenvalue weighted by Gasteiger charge is -2.27. The van der Waals surface area contributed by atoms with Gasteiger partial charge in [0.15, 0.2) is 0 Å². The van der Waals surface area contributed by atoms with E-state index in [0.717, 1.165) is 19.0 Å². The summed E-state index contributed by atoms with van der Waals surface area (Å²) >= 11 is 0. The van der Waals surface area contributed by atoms with Gasteiger partial charge in [0.25, 0.3) is 0 Å². The maximum atomic E-state index is 3.18. The van der Waals surface area contributed by atoms with Gasteiger partial charge < -0.3 is 5.32 Å². The monoisotopic (exact) mass is 172 g/mol. The lowest BCUT2D eigenvalue weighted by Crippen LogP contribution is -2.38. The molecule has 0 aromatic heterocycles. The maximum absolute atomic E-state index is 3.18. The normalized spacial score (nSPS) is 12.0. The van der Waals surface area contributed by atoms with Gasteiger partial charge in [-0.1, -0.05) is 13.8 Å². The Labute approximate surface area is 77.3 Å². The summed E-state index contributed by atoms with van der Waals surface area (Å²) in [5.41, 5.74) is 0. The molecule has 2 nitrogen and oxygen atoms in total. The van der Waals surface area contributed by atoms with Crippen LogP contribution in [-0.4, -0.2) is 37.6 Å². The van der Waals surface area contributed by atoms with Gasteiger partial charge in [0.1, 0.15) is 0 Å². The highest BCUT2D eigenvalue weighted by Crippen LogP contribution is 2.02. The zero-order valence-electron chi connectivity index (χ0n) is 9.22. The predicted octanol–water partition coefficient (Wildman–Crippen LogP) is 1.57. The molecular formula is C10H24N2. The van der Waals surface area contributed by atoms with Crippen molar-refractivity contribution in [2.75, 3.05) is 26.7 Å². The molecule has 0 bridgehead atoms. The van der Waals surface area contributed by atoms with Crippen LogP contribution in [0.1, 0.15) is 27.7 Å². The molecule has 0 rings (SSSR count). The Hall–Kier alpha value is -0.0800. The summed E-state index contributed by atoms with van der Waals surface area (Å²) in [6.07, 6.45) is 0. The Bertz CT molecular complexity index is 100. The highest BCUT2D eigenvalue weighted by molar-refractivity contribution is 4.65. The number of nitrogens with zero attached hydrogens (tertiary/aromatic N) is 1. The average molecular weight is 172 g/mol. The third kappa shape index (κ3) is 5.56. The van der Waals surface area contributed by atoms with Crippen molar-refractivity contribution in [3.8, 4) is 0 Å². The first-order valence-corrected chi connectivity index (χ1v) is 4.96. The van der Waals surface area contributed by atoms with Crippen LogP contribution in [0.15, 0.2) is 0 Å². The highest BCUT2D eigenvalue weighted by atomic mass is 15.2. The van der Waals surface area contributed by atoms with Crippen LogP contribution in [0.25, 0.3) is 0 Å². The number of nitrogens with one attached hydrogen (secondary N) is 1. The average Bonchev–Trinajstić information content (AvgIpc) is 1.96. The Morgan fingerprint density at radius 2 is 1.75 bits per heavy atom. The van der Waals surface area contributed by atoms with Crippen molar-refractivity contribution in [3.05, 3.63) is 0 Å². The van der Waals surface area contributed by atoms with E-state index in [4.69, 9.17) is 0 Å². The minimum atomic E-state index is 0.667. The maximum Gasteiger partial charge on any atom is 0.0110 e. The fourth-order valence-corrected chi connectivity index (χ4v) is 1.28. The van der Waals surface area contributed by atoms with Gasteiger partial charge >= 0.3 is 0 Å². The molecule has 0 aliphatic carbocycles. The Morgan fingerprint density at radius 3 is 2.08 bits per heavy atom. The summed E-state index contributed by atoms with van der Waals surface area (Å²) in [5, 5.41) is 3.18. The second kappa shape index (κ2) is 6.44. The lowest BCUT2D eigenvalue weighted by molar-refractivity contribution is 0.199. The first-order valence-electron chi connectivity index (χ1n) is 4.96. The van der Waals surface area contributed by atoms with E-state index in [0.29, 0.717) is 6.04 Å². The molecule has 0 fully saturated rings. The molecule has 0 amide bonds. The Morgan fingerprint density at radius 1 is 1.17 bits per heavy atom. The van der Waals surface area contributed by atoms with Crippen molar-refractivity contribution in [2.24, 2.45) is 5.92 Å². The summed E-state index contributed by atoms with van der Waals surface area (Å²) in [7, 11) is 2.01. The predicted molar refractivity (Wildman–Crippen MR) is 55.5 cm³/mol. The molecule has 0 unspecified atom stereocenters. The van der Waals surface area contributed by atoms with Crippen molar-refractivity contribution < 1.29 is 0 Å². The molecule has 0 spiro atoms. The summed E-state index contributed by atoms with van der Waals surface area (Å²) in [6, 6.07) is 0.667. The molecular weight excluding hydrogens is 148 g/mol. The van der Waals surface area contributed by atoms with E-state index in [1.165, 1.54) is 6.54 Å². The second-order valence-corrected chi connectivity index (χ2v) is 4.09. The molecule has 74 valence electrons. The third-order valence-corrected chi connectivity index (χ3v) is 1.98. The number of rotatable bonds is 6. The Balaban J connectivity index is 3.70. The largest absolute Gasteiger partial charge is 0.318 e. The summed E-state index contributed by atoms with van der Waals surface area (Å²) in [4.78, 5) is 2.52. The quantitative estimate of drug-likeness (QED) is 0.654. The van der Waals surface area contributed by atoms with Gasteiger partial charge in [0.2, 0.25) is 0 Å². The van der Waals surface area contributed by atoms with Crippen molar-refractivity contribution in [3.63, 3.8) is 0 Å².